The number of hydrogen-bond acceptors (Lipinski definition) is 4. The first-order chi connectivity index (χ1) is 8.75. The van der Waals surface area contributed by atoms with Crippen molar-refractivity contribution < 1.29 is 9.84 Å². The molecule has 0 saturated carbocycles. The van der Waals surface area contributed by atoms with Crippen molar-refractivity contribution in [2.24, 2.45) is 0 Å². The summed E-state index contributed by atoms with van der Waals surface area (Å²) in [7, 11) is 0. The van der Waals surface area contributed by atoms with Crippen LogP contribution in [0.15, 0.2) is 44.4 Å². The Morgan fingerprint density at radius 2 is 2.17 bits per heavy atom. The van der Waals surface area contributed by atoms with Crippen molar-refractivity contribution in [3.63, 3.8) is 0 Å². The van der Waals surface area contributed by atoms with Gasteiger partial charge < -0.3 is 9.84 Å². The summed E-state index contributed by atoms with van der Waals surface area (Å²) in [6, 6.07) is 7.95. The zero-order valence-electron chi connectivity index (χ0n) is 9.38. The van der Waals surface area contributed by atoms with Crippen LogP contribution in [0, 0.1) is 0 Å². The highest BCUT2D eigenvalue weighted by molar-refractivity contribution is 9.10. The van der Waals surface area contributed by atoms with E-state index >= 15 is 0 Å². The molecule has 1 aromatic heterocycles. The largest absolute Gasteiger partial charge is 0.485 e. The SMILES string of the molecule is OC(c1cscc1Br)C1CSc2ccccc2O1. The van der Waals surface area contributed by atoms with Gasteiger partial charge in [-0.05, 0) is 33.4 Å². The Hall–Kier alpha value is -0.490. The van der Waals surface area contributed by atoms with E-state index in [0.29, 0.717) is 0 Å². The van der Waals surface area contributed by atoms with E-state index in [9.17, 15) is 5.11 Å². The minimum Gasteiger partial charge on any atom is -0.485 e. The van der Waals surface area contributed by atoms with E-state index in [1.165, 1.54) is 0 Å². The topological polar surface area (TPSA) is 29.5 Å². The number of benzene rings is 1. The second-order valence-corrected chi connectivity index (χ2v) is 6.69. The van der Waals surface area contributed by atoms with Crippen molar-refractivity contribution in [3.8, 4) is 5.75 Å². The molecule has 0 amide bonds. The number of rotatable bonds is 2. The Morgan fingerprint density at radius 3 is 2.94 bits per heavy atom. The maximum absolute atomic E-state index is 10.4. The molecule has 0 spiro atoms. The molecule has 18 heavy (non-hydrogen) atoms. The van der Waals surface area contributed by atoms with Crippen molar-refractivity contribution in [3.05, 3.63) is 45.1 Å². The van der Waals surface area contributed by atoms with Crippen LogP contribution in [-0.4, -0.2) is 17.0 Å². The second-order valence-electron chi connectivity index (χ2n) is 4.03. The van der Waals surface area contributed by atoms with Crippen LogP contribution in [-0.2, 0) is 0 Å². The maximum atomic E-state index is 10.4. The fourth-order valence-corrected chi connectivity index (χ4v) is 4.48. The van der Waals surface area contributed by atoms with Gasteiger partial charge in [0, 0.05) is 26.1 Å². The van der Waals surface area contributed by atoms with Crippen molar-refractivity contribution in [2.45, 2.75) is 17.1 Å². The van der Waals surface area contributed by atoms with Gasteiger partial charge in [0.2, 0.25) is 0 Å². The van der Waals surface area contributed by atoms with E-state index in [0.717, 1.165) is 26.4 Å². The average molecular weight is 343 g/mol. The van der Waals surface area contributed by atoms with Crippen LogP contribution in [0.25, 0.3) is 0 Å². The Labute approximate surface area is 122 Å². The molecule has 0 fully saturated rings. The van der Waals surface area contributed by atoms with E-state index in [2.05, 4.69) is 15.9 Å². The van der Waals surface area contributed by atoms with Crippen LogP contribution in [0.2, 0.25) is 0 Å². The van der Waals surface area contributed by atoms with Crippen LogP contribution < -0.4 is 4.74 Å². The van der Waals surface area contributed by atoms with Crippen LogP contribution in [0.4, 0.5) is 0 Å². The fourth-order valence-electron chi connectivity index (χ4n) is 1.89. The highest BCUT2D eigenvalue weighted by atomic mass is 79.9. The normalized spacial score (nSPS) is 20.0. The molecule has 2 unspecified atom stereocenters. The molecule has 2 atom stereocenters. The molecule has 94 valence electrons. The maximum Gasteiger partial charge on any atom is 0.138 e. The van der Waals surface area contributed by atoms with Gasteiger partial charge in [0.25, 0.3) is 0 Å². The minimum atomic E-state index is -0.591. The summed E-state index contributed by atoms with van der Waals surface area (Å²) in [4.78, 5) is 1.14. The number of halogens is 1. The first-order valence-corrected chi connectivity index (χ1v) is 8.26. The van der Waals surface area contributed by atoms with Crippen LogP contribution in [0.1, 0.15) is 11.7 Å². The number of hydrogen-bond donors (Lipinski definition) is 1. The third-order valence-corrected chi connectivity index (χ3v) is 5.74. The first kappa shape index (κ1) is 12.5. The van der Waals surface area contributed by atoms with E-state index in [1.54, 1.807) is 23.1 Å². The molecular weight excluding hydrogens is 332 g/mol. The molecule has 1 aliphatic heterocycles. The summed E-state index contributed by atoms with van der Waals surface area (Å²) in [5.41, 5.74) is 0.907. The zero-order chi connectivity index (χ0) is 12.5. The number of fused-ring (bicyclic) bond motifs is 1. The van der Waals surface area contributed by atoms with Crippen LogP contribution >= 0.6 is 39.0 Å². The van der Waals surface area contributed by atoms with Gasteiger partial charge in [0.05, 0.1) is 0 Å². The summed E-state index contributed by atoms with van der Waals surface area (Å²) in [5.74, 6) is 1.63. The molecule has 3 rings (SSSR count). The smallest absolute Gasteiger partial charge is 0.138 e. The summed E-state index contributed by atoms with van der Waals surface area (Å²) < 4.78 is 6.84. The van der Waals surface area contributed by atoms with E-state index < -0.39 is 6.10 Å². The van der Waals surface area contributed by atoms with Gasteiger partial charge in [-0.2, -0.15) is 11.3 Å². The Balaban J connectivity index is 1.82. The Kier molecular flexibility index (Phi) is 3.66. The molecule has 0 bridgehead atoms. The average Bonchev–Trinajstić information content (AvgIpc) is 2.83. The summed E-state index contributed by atoms with van der Waals surface area (Å²) >= 11 is 6.76. The minimum absolute atomic E-state index is 0.198. The molecule has 5 heteroatoms. The molecular formula is C13H11BrO2S2. The van der Waals surface area contributed by atoms with E-state index in [-0.39, 0.29) is 6.10 Å². The zero-order valence-corrected chi connectivity index (χ0v) is 12.6. The van der Waals surface area contributed by atoms with Gasteiger partial charge in [0.1, 0.15) is 18.0 Å². The lowest BCUT2D eigenvalue weighted by molar-refractivity contribution is 0.0456. The van der Waals surface area contributed by atoms with Gasteiger partial charge in [-0.1, -0.05) is 12.1 Å². The van der Waals surface area contributed by atoms with Gasteiger partial charge in [-0.15, -0.1) is 11.8 Å². The molecule has 2 nitrogen and oxygen atoms in total. The molecule has 2 heterocycles. The number of thioether (sulfide) groups is 1. The quantitative estimate of drug-likeness (QED) is 0.890. The lowest BCUT2D eigenvalue weighted by Crippen LogP contribution is -2.30. The molecule has 0 aliphatic carbocycles. The molecule has 1 N–H and O–H groups in total. The summed E-state index contributed by atoms with van der Waals surface area (Å²) in [6.07, 6.45) is -0.790. The fraction of sp³-hybridized carbons (Fsp3) is 0.231. The molecule has 2 aromatic rings. The first-order valence-electron chi connectivity index (χ1n) is 5.54. The highest BCUT2D eigenvalue weighted by Crippen LogP contribution is 2.39. The van der Waals surface area contributed by atoms with E-state index in [1.807, 2.05) is 35.0 Å². The van der Waals surface area contributed by atoms with Crippen LogP contribution in [0.5, 0.6) is 5.75 Å². The van der Waals surface area contributed by atoms with E-state index in [4.69, 9.17) is 4.74 Å². The molecule has 1 aliphatic rings. The third kappa shape index (κ3) is 2.32. The molecule has 0 radical (unpaired) electrons. The standard InChI is InChI=1S/C13H11BrO2S2/c14-9-6-17-5-8(9)13(15)11-7-18-12-4-2-1-3-10(12)16-11/h1-6,11,13,15H,7H2. The van der Waals surface area contributed by atoms with Gasteiger partial charge in [-0.25, -0.2) is 0 Å². The van der Waals surface area contributed by atoms with Crippen molar-refractivity contribution in [1.82, 2.24) is 0 Å². The molecule has 1 aromatic carbocycles. The van der Waals surface area contributed by atoms with Crippen molar-refractivity contribution in [2.75, 3.05) is 5.75 Å². The van der Waals surface area contributed by atoms with Gasteiger partial charge in [-0.3, -0.25) is 0 Å². The lowest BCUT2D eigenvalue weighted by Gasteiger charge is -2.29. The predicted octanol–water partition coefficient (Wildman–Crippen LogP) is 4.10. The Morgan fingerprint density at radius 1 is 1.33 bits per heavy atom. The van der Waals surface area contributed by atoms with Gasteiger partial charge in [0.15, 0.2) is 0 Å². The monoisotopic (exact) mass is 342 g/mol. The van der Waals surface area contributed by atoms with Gasteiger partial charge >= 0.3 is 0 Å². The number of thiophene rings is 1. The third-order valence-electron chi connectivity index (χ3n) is 2.84. The predicted molar refractivity (Wildman–Crippen MR) is 78.6 cm³/mol. The van der Waals surface area contributed by atoms with Crippen molar-refractivity contribution in [1.29, 1.82) is 0 Å². The number of aliphatic hydroxyl groups is 1. The number of aliphatic hydroxyl groups excluding tert-OH is 1. The summed E-state index contributed by atoms with van der Waals surface area (Å²) in [5, 5.41) is 14.3. The van der Waals surface area contributed by atoms with Crippen molar-refractivity contribution >= 4 is 39.0 Å². The molecule has 0 saturated heterocycles. The Bertz CT molecular complexity index is 555. The number of ether oxygens (including phenoxy) is 1. The second kappa shape index (κ2) is 5.25. The highest BCUT2D eigenvalue weighted by Gasteiger charge is 2.29. The summed E-state index contributed by atoms with van der Waals surface area (Å²) in [6.45, 7) is 0. The van der Waals surface area contributed by atoms with Crippen LogP contribution in [0.3, 0.4) is 0 Å². The number of para-hydroxylation sites is 1. The lowest BCUT2D eigenvalue weighted by atomic mass is 10.1.